The van der Waals surface area contributed by atoms with E-state index in [1.807, 2.05) is 37.3 Å². The van der Waals surface area contributed by atoms with Gasteiger partial charge in [-0.05, 0) is 30.7 Å². The molecule has 1 N–H and O–H groups in total. The number of nitrogens with one attached hydrogen (secondary N) is 1. The molecule has 0 bridgehead atoms. The maximum Gasteiger partial charge on any atom is 0.271 e. The largest absolute Gasteiger partial charge is 0.271 e. The van der Waals surface area contributed by atoms with E-state index in [4.69, 9.17) is 0 Å². The minimum Gasteiger partial charge on any atom is -0.267 e. The lowest BCUT2D eigenvalue weighted by molar-refractivity contribution is 0.0955. The fourth-order valence-corrected chi connectivity index (χ4v) is 1.66. The molecule has 0 atom stereocenters. The topological polar surface area (TPSA) is 54.4 Å². The van der Waals surface area contributed by atoms with E-state index in [1.54, 1.807) is 24.5 Å². The zero-order valence-corrected chi connectivity index (χ0v) is 10.7. The van der Waals surface area contributed by atoms with Crippen molar-refractivity contribution in [2.45, 2.75) is 13.3 Å². The molecule has 0 saturated heterocycles. The average Bonchev–Trinajstić information content (AvgIpc) is 2.49. The number of nitrogens with zero attached hydrogens (tertiary/aromatic N) is 2. The Bertz CT molecular complexity index is 564. The number of aromatic nitrogens is 1. The summed E-state index contributed by atoms with van der Waals surface area (Å²) >= 11 is 0. The van der Waals surface area contributed by atoms with Crippen molar-refractivity contribution in [2.75, 3.05) is 0 Å². The first-order valence-electron chi connectivity index (χ1n) is 6.13. The number of amides is 1. The summed E-state index contributed by atoms with van der Waals surface area (Å²) in [5.74, 6) is -0.208. The highest BCUT2D eigenvalue weighted by Gasteiger charge is 2.05. The first-order chi connectivity index (χ1) is 9.31. The molecule has 1 aromatic heterocycles. The van der Waals surface area contributed by atoms with Crippen LogP contribution in [-0.4, -0.2) is 16.6 Å². The van der Waals surface area contributed by atoms with E-state index >= 15 is 0 Å². The SMILES string of the molecule is CCC(=NNC(=O)c1ccccc1)c1ccncc1. The van der Waals surface area contributed by atoms with Crippen molar-refractivity contribution in [1.82, 2.24) is 10.4 Å². The molecule has 2 aromatic rings. The van der Waals surface area contributed by atoms with Crippen LogP contribution in [0.1, 0.15) is 29.3 Å². The van der Waals surface area contributed by atoms with Gasteiger partial charge in [0.1, 0.15) is 0 Å². The molecule has 0 saturated carbocycles. The molecule has 0 aliphatic heterocycles. The summed E-state index contributed by atoms with van der Waals surface area (Å²) in [6.07, 6.45) is 4.15. The van der Waals surface area contributed by atoms with E-state index in [9.17, 15) is 4.79 Å². The predicted molar refractivity (Wildman–Crippen MR) is 75.0 cm³/mol. The summed E-state index contributed by atoms with van der Waals surface area (Å²) in [7, 11) is 0. The standard InChI is InChI=1S/C15H15N3O/c1-2-14(12-8-10-16-11-9-12)17-18-15(19)13-6-4-3-5-7-13/h3-11H,2H2,1H3,(H,18,19). The first-order valence-corrected chi connectivity index (χ1v) is 6.13. The highest BCUT2D eigenvalue weighted by atomic mass is 16.2. The van der Waals surface area contributed by atoms with Gasteiger partial charge in [0.2, 0.25) is 0 Å². The van der Waals surface area contributed by atoms with Crippen molar-refractivity contribution >= 4 is 11.6 Å². The predicted octanol–water partition coefficient (Wildman–Crippen LogP) is 2.63. The Kier molecular flexibility index (Phi) is 4.39. The molecule has 0 unspecified atom stereocenters. The van der Waals surface area contributed by atoms with Crippen molar-refractivity contribution < 1.29 is 4.79 Å². The van der Waals surface area contributed by atoms with Crippen molar-refractivity contribution in [3.05, 3.63) is 66.0 Å². The van der Waals surface area contributed by atoms with E-state index < -0.39 is 0 Å². The Balaban J connectivity index is 2.11. The minimum atomic E-state index is -0.208. The molecule has 0 fully saturated rings. The van der Waals surface area contributed by atoms with Crippen LogP contribution in [-0.2, 0) is 0 Å². The van der Waals surface area contributed by atoms with Crippen LogP contribution in [0.4, 0.5) is 0 Å². The number of carbonyl (C=O) groups is 1. The Morgan fingerprint density at radius 2 is 1.79 bits per heavy atom. The zero-order valence-electron chi connectivity index (χ0n) is 10.7. The van der Waals surface area contributed by atoms with Crippen LogP contribution < -0.4 is 5.43 Å². The molecular weight excluding hydrogens is 238 g/mol. The van der Waals surface area contributed by atoms with Crippen LogP contribution in [0.25, 0.3) is 0 Å². The first kappa shape index (κ1) is 13.0. The minimum absolute atomic E-state index is 0.208. The zero-order chi connectivity index (χ0) is 13.5. The molecule has 0 aliphatic carbocycles. The van der Waals surface area contributed by atoms with Gasteiger partial charge < -0.3 is 0 Å². The van der Waals surface area contributed by atoms with Crippen molar-refractivity contribution in [3.63, 3.8) is 0 Å². The van der Waals surface area contributed by atoms with E-state index in [0.29, 0.717) is 5.56 Å². The highest BCUT2D eigenvalue weighted by Crippen LogP contribution is 2.03. The fourth-order valence-electron chi connectivity index (χ4n) is 1.66. The third-order valence-electron chi connectivity index (χ3n) is 2.68. The molecule has 4 heteroatoms. The molecular formula is C15H15N3O. The number of rotatable bonds is 4. The second kappa shape index (κ2) is 6.44. The van der Waals surface area contributed by atoms with Crippen LogP contribution in [0, 0.1) is 0 Å². The number of benzene rings is 1. The van der Waals surface area contributed by atoms with Gasteiger partial charge in [-0.3, -0.25) is 9.78 Å². The van der Waals surface area contributed by atoms with Gasteiger partial charge in [-0.25, -0.2) is 5.43 Å². The molecule has 0 radical (unpaired) electrons. The van der Waals surface area contributed by atoms with Gasteiger partial charge in [-0.15, -0.1) is 0 Å². The average molecular weight is 253 g/mol. The number of hydrogen-bond donors (Lipinski definition) is 1. The molecule has 4 nitrogen and oxygen atoms in total. The lowest BCUT2D eigenvalue weighted by atomic mass is 10.1. The summed E-state index contributed by atoms with van der Waals surface area (Å²) in [6, 6.07) is 12.8. The molecule has 19 heavy (non-hydrogen) atoms. The van der Waals surface area contributed by atoms with E-state index in [1.165, 1.54) is 0 Å². The Hall–Kier alpha value is -2.49. The molecule has 96 valence electrons. The van der Waals surface area contributed by atoms with Crippen LogP contribution >= 0.6 is 0 Å². The normalized spacial score (nSPS) is 11.1. The van der Waals surface area contributed by atoms with Gasteiger partial charge in [0, 0.05) is 23.5 Å². The van der Waals surface area contributed by atoms with Crippen LogP contribution in [0.15, 0.2) is 60.0 Å². The monoisotopic (exact) mass is 253 g/mol. The summed E-state index contributed by atoms with van der Waals surface area (Å²) in [5, 5.41) is 4.18. The molecule has 1 heterocycles. The van der Waals surface area contributed by atoms with E-state index in [-0.39, 0.29) is 5.91 Å². The van der Waals surface area contributed by atoms with E-state index in [2.05, 4.69) is 15.5 Å². The summed E-state index contributed by atoms with van der Waals surface area (Å²) < 4.78 is 0. The number of pyridine rings is 1. The van der Waals surface area contributed by atoms with Gasteiger partial charge in [-0.2, -0.15) is 5.10 Å². The van der Waals surface area contributed by atoms with Gasteiger partial charge in [-0.1, -0.05) is 25.1 Å². The fraction of sp³-hybridized carbons (Fsp3) is 0.133. The van der Waals surface area contributed by atoms with Crippen molar-refractivity contribution in [1.29, 1.82) is 0 Å². The van der Waals surface area contributed by atoms with Crippen molar-refractivity contribution in [2.24, 2.45) is 5.10 Å². The third kappa shape index (κ3) is 3.48. The van der Waals surface area contributed by atoms with E-state index in [0.717, 1.165) is 17.7 Å². The lowest BCUT2D eigenvalue weighted by Crippen LogP contribution is -2.19. The maximum atomic E-state index is 11.9. The van der Waals surface area contributed by atoms with Crippen molar-refractivity contribution in [3.8, 4) is 0 Å². The van der Waals surface area contributed by atoms with Gasteiger partial charge in [0.15, 0.2) is 0 Å². The van der Waals surface area contributed by atoms with Crippen LogP contribution in [0.5, 0.6) is 0 Å². The summed E-state index contributed by atoms with van der Waals surface area (Å²) in [5.41, 5.74) is 4.96. The van der Waals surface area contributed by atoms with Crippen LogP contribution in [0.3, 0.4) is 0 Å². The Labute approximate surface area is 112 Å². The van der Waals surface area contributed by atoms with Gasteiger partial charge >= 0.3 is 0 Å². The van der Waals surface area contributed by atoms with Crippen LogP contribution in [0.2, 0.25) is 0 Å². The second-order valence-electron chi connectivity index (χ2n) is 3.95. The Morgan fingerprint density at radius 1 is 1.11 bits per heavy atom. The van der Waals surface area contributed by atoms with Gasteiger partial charge in [0.25, 0.3) is 5.91 Å². The molecule has 2 rings (SSSR count). The smallest absolute Gasteiger partial charge is 0.267 e. The maximum absolute atomic E-state index is 11.9. The molecule has 0 aliphatic rings. The highest BCUT2D eigenvalue weighted by molar-refractivity contribution is 6.02. The third-order valence-corrected chi connectivity index (χ3v) is 2.68. The summed E-state index contributed by atoms with van der Waals surface area (Å²) in [4.78, 5) is 15.8. The molecule has 1 amide bonds. The molecule has 0 spiro atoms. The van der Waals surface area contributed by atoms with Gasteiger partial charge in [0.05, 0.1) is 5.71 Å². The molecule has 1 aromatic carbocycles. The second-order valence-corrected chi connectivity index (χ2v) is 3.95. The number of hydrazone groups is 1. The summed E-state index contributed by atoms with van der Waals surface area (Å²) in [6.45, 7) is 1.99. The Morgan fingerprint density at radius 3 is 2.42 bits per heavy atom. The lowest BCUT2D eigenvalue weighted by Gasteiger charge is -2.04. The number of carbonyl (C=O) groups excluding carboxylic acids is 1. The number of hydrogen-bond acceptors (Lipinski definition) is 3. The quantitative estimate of drug-likeness (QED) is 0.672.